The number of hydrogen-bond acceptors (Lipinski definition) is 4. The number of methoxy groups -OCH3 is 1. The molecule has 2 heterocycles. The Labute approximate surface area is 140 Å². The van der Waals surface area contributed by atoms with Gasteiger partial charge >= 0.3 is 0 Å². The first kappa shape index (κ1) is 19.7. The van der Waals surface area contributed by atoms with Gasteiger partial charge in [0.1, 0.15) is 5.60 Å². The number of ether oxygens (including phenoxy) is 2. The highest BCUT2D eigenvalue weighted by atomic mass is 35.5. The molecule has 0 atom stereocenters. The summed E-state index contributed by atoms with van der Waals surface area (Å²) in [5.41, 5.74) is -0.600. The highest BCUT2D eigenvalue weighted by Gasteiger charge is 2.43. The maximum Gasteiger partial charge on any atom is 0.254 e. The van der Waals surface area contributed by atoms with Gasteiger partial charge in [0, 0.05) is 26.8 Å². The molecule has 22 heavy (non-hydrogen) atoms. The van der Waals surface area contributed by atoms with Crippen LogP contribution in [0.1, 0.15) is 39.5 Å². The van der Waals surface area contributed by atoms with Crippen LogP contribution in [0.3, 0.4) is 0 Å². The van der Waals surface area contributed by atoms with Gasteiger partial charge in [0.2, 0.25) is 0 Å². The van der Waals surface area contributed by atoms with Crippen molar-refractivity contribution in [3.8, 4) is 0 Å². The maximum atomic E-state index is 12.8. The highest BCUT2D eigenvalue weighted by Crippen LogP contribution is 2.27. The number of amides is 1. The fraction of sp³-hybridized carbons (Fsp3) is 0.938. The first-order chi connectivity index (χ1) is 10.1. The quantitative estimate of drug-likeness (QED) is 0.833. The third-order valence-corrected chi connectivity index (χ3v) is 4.59. The molecule has 0 radical (unpaired) electrons. The molecule has 0 aromatic heterocycles. The van der Waals surface area contributed by atoms with Crippen LogP contribution in [0.25, 0.3) is 0 Å². The molecule has 2 rings (SSSR count). The molecule has 0 aliphatic carbocycles. The Morgan fingerprint density at radius 1 is 1.27 bits per heavy atom. The van der Waals surface area contributed by atoms with E-state index in [0.29, 0.717) is 12.0 Å². The molecule has 2 aliphatic heterocycles. The predicted molar refractivity (Wildman–Crippen MR) is 89.5 cm³/mol. The second-order valence-corrected chi connectivity index (χ2v) is 6.67. The number of nitrogens with zero attached hydrogens (tertiary/aromatic N) is 1. The zero-order valence-electron chi connectivity index (χ0n) is 14.1. The fourth-order valence-electron chi connectivity index (χ4n) is 3.18. The molecule has 0 aromatic carbocycles. The molecule has 2 fully saturated rings. The number of carbonyl (C=O) groups excluding carboxylic acids is 1. The van der Waals surface area contributed by atoms with Crippen molar-refractivity contribution in [2.75, 3.05) is 39.9 Å². The SMILES string of the molecule is COC1(C(=O)N2CCC(OCC(C)C)CC2)CCNCC1.Cl. The Morgan fingerprint density at radius 2 is 1.86 bits per heavy atom. The number of halogens is 1. The number of hydrogen-bond donors (Lipinski definition) is 1. The molecule has 0 spiro atoms. The summed E-state index contributed by atoms with van der Waals surface area (Å²) in [6.07, 6.45) is 3.73. The minimum atomic E-state index is -0.600. The van der Waals surface area contributed by atoms with Gasteiger partial charge in [-0.1, -0.05) is 13.8 Å². The Bertz CT molecular complexity index is 338. The monoisotopic (exact) mass is 334 g/mol. The lowest BCUT2D eigenvalue weighted by atomic mass is 9.89. The van der Waals surface area contributed by atoms with Crippen LogP contribution in [0.4, 0.5) is 0 Å². The Hall–Kier alpha value is -0.360. The van der Waals surface area contributed by atoms with E-state index >= 15 is 0 Å². The summed E-state index contributed by atoms with van der Waals surface area (Å²) in [6.45, 7) is 8.43. The van der Waals surface area contributed by atoms with Crippen LogP contribution in [0, 0.1) is 5.92 Å². The van der Waals surface area contributed by atoms with E-state index in [4.69, 9.17) is 9.47 Å². The van der Waals surface area contributed by atoms with Crippen molar-refractivity contribution in [3.63, 3.8) is 0 Å². The lowest BCUT2D eigenvalue weighted by Crippen LogP contribution is -2.57. The van der Waals surface area contributed by atoms with Crippen LogP contribution in [-0.2, 0) is 14.3 Å². The minimum Gasteiger partial charge on any atom is -0.378 e. The summed E-state index contributed by atoms with van der Waals surface area (Å²) in [5, 5.41) is 3.30. The van der Waals surface area contributed by atoms with E-state index in [0.717, 1.165) is 58.5 Å². The Morgan fingerprint density at radius 3 is 2.36 bits per heavy atom. The highest BCUT2D eigenvalue weighted by molar-refractivity contribution is 5.86. The second-order valence-electron chi connectivity index (χ2n) is 6.67. The van der Waals surface area contributed by atoms with E-state index in [-0.39, 0.29) is 18.3 Å². The molecule has 5 nitrogen and oxygen atoms in total. The van der Waals surface area contributed by atoms with Gasteiger partial charge in [0.05, 0.1) is 6.10 Å². The Balaban J connectivity index is 0.00000242. The van der Waals surface area contributed by atoms with E-state index in [9.17, 15) is 4.79 Å². The number of carbonyl (C=O) groups is 1. The second kappa shape index (κ2) is 9.06. The molecule has 6 heteroatoms. The summed E-state index contributed by atoms with van der Waals surface area (Å²) < 4.78 is 11.5. The van der Waals surface area contributed by atoms with Crippen molar-refractivity contribution in [1.82, 2.24) is 10.2 Å². The van der Waals surface area contributed by atoms with Gasteiger partial charge < -0.3 is 19.7 Å². The van der Waals surface area contributed by atoms with E-state index < -0.39 is 5.60 Å². The van der Waals surface area contributed by atoms with Crippen molar-refractivity contribution in [1.29, 1.82) is 0 Å². The predicted octanol–water partition coefficient (Wildman–Crippen LogP) is 1.84. The van der Waals surface area contributed by atoms with Crippen molar-refractivity contribution >= 4 is 18.3 Å². The van der Waals surface area contributed by atoms with Crippen molar-refractivity contribution < 1.29 is 14.3 Å². The van der Waals surface area contributed by atoms with Crippen molar-refractivity contribution in [2.24, 2.45) is 5.92 Å². The third kappa shape index (κ3) is 4.82. The fourth-order valence-corrected chi connectivity index (χ4v) is 3.18. The Kier molecular flexibility index (Phi) is 8.11. The zero-order valence-corrected chi connectivity index (χ0v) is 14.9. The molecule has 130 valence electrons. The van der Waals surface area contributed by atoms with E-state index in [1.807, 2.05) is 4.90 Å². The minimum absolute atomic E-state index is 0. The lowest BCUT2D eigenvalue weighted by molar-refractivity contribution is -0.161. The zero-order chi connectivity index (χ0) is 15.3. The topological polar surface area (TPSA) is 50.8 Å². The van der Waals surface area contributed by atoms with Crippen molar-refractivity contribution in [2.45, 2.75) is 51.2 Å². The van der Waals surface area contributed by atoms with Crippen molar-refractivity contribution in [3.05, 3.63) is 0 Å². The third-order valence-electron chi connectivity index (χ3n) is 4.59. The molecule has 2 aliphatic rings. The average Bonchev–Trinajstić information content (AvgIpc) is 2.53. The summed E-state index contributed by atoms with van der Waals surface area (Å²) in [7, 11) is 1.67. The smallest absolute Gasteiger partial charge is 0.254 e. The van der Waals surface area contributed by atoms with E-state index in [2.05, 4.69) is 19.2 Å². The molecule has 1 amide bonds. The summed E-state index contributed by atoms with van der Waals surface area (Å²) in [5.74, 6) is 0.741. The van der Waals surface area contributed by atoms with Gasteiger partial charge in [-0.2, -0.15) is 0 Å². The van der Waals surface area contributed by atoms with Gasteiger partial charge in [0.15, 0.2) is 0 Å². The summed E-state index contributed by atoms with van der Waals surface area (Å²) in [4.78, 5) is 14.8. The first-order valence-electron chi connectivity index (χ1n) is 8.24. The van der Waals surface area contributed by atoms with Crippen LogP contribution < -0.4 is 5.32 Å². The molecule has 1 N–H and O–H groups in total. The standard InChI is InChI=1S/C16H30N2O3.ClH/c1-13(2)12-21-14-4-10-18(11-5-14)15(19)16(20-3)6-8-17-9-7-16;/h13-14,17H,4-12H2,1-3H3;1H. The van der Waals surface area contributed by atoms with Gasteiger partial charge in [-0.3, -0.25) is 4.79 Å². The molecular formula is C16H31ClN2O3. The first-order valence-corrected chi connectivity index (χ1v) is 8.24. The number of piperidine rings is 2. The number of likely N-dealkylation sites (tertiary alicyclic amines) is 1. The maximum absolute atomic E-state index is 12.8. The average molecular weight is 335 g/mol. The summed E-state index contributed by atoms with van der Waals surface area (Å²) in [6, 6.07) is 0. The molecule has 0 aromatic rings. The molecule has 0 saturated carbocycles. The largest absolute Gasteiger partial charge is 0.378 e. The van der Waals surface area contributed by atoms with E-state index in [1.54, 1.807) is 7.11 Å². The van der Waals surface area contributed by atoms with Gasteiger partial charge in [-0.25, -0.2) is 0 Å². The van der Waals surface area contributed by atoms with Crippen LogP contribution in [0.2, 0.25) is 0 Å². The van der Waals surface area contributed by atoms with Gasteiger partial charge in [-0.15, -0.1) is 12.4 Å². The molecular weight excluding hydrogens is 304 g/mol. The van der Waals surface area contributed by atoms with Gasteiger partial charge in [0.25, 0.3) is 5.91 Å². The van der Waals surface area contributed by atoms with Crippen LogP contribution in [0.15, 0.2) is 0 Å². The normalized spacial score (nSPS) is 22.5. The molecule has 0 unspecified atom stereocenters. The number of rotatable bonds is 5. The van der Waals surface area contributed by atoms with Gasteiger partial charge in [-0.05, 0) is 44.7 Å². The van der Waals surface area contributed by atoms with Crippen LogP contribution in [-0.4, -0.2) is 62.4 Å². The van der Waals surface area contributed by atoms with Crippen LogP contribution >= 0.6 is 12.4 Å². The van der Waals surface area contributed by atoms with E-state index in [1.165, 1.54) is 0 Å². The molecule has 2 saturated heterocycles. The van der Waals surface area contributed by atoms with Crippen LogP contribution in [0.5, 0.6) is 0 Å². The lowest BCUT2D eigenvalue weighted by Gasteiger charge is -2.41. The summed E-state index contributed by atoms with van der Waals surface area (Å²) >= 11 is 0. The number of nitrogens with one attached hydrogen (secondary N) is 1. The molecule has 0 bridgehead atoms.